The fourth-order valence-corrected chi connectivity index (χ4v) is 4.78. The number of ether oxygens (including phenoxy) is 1. The minimum atomic E-state index is -3.62. The zero-order valence-corrected chi connectivity index (χ0v) is 15.7. The van der Waals surface area contributed by atoms with Crippen LogP contribution in [-0.4, -0.2) is 49.9 Å². The van der Waals surface area contributed by atoms with Gasteiger partial charge >= 0.3 is 0 Å². The maximum absolute atomic E-state index is 12.7. The third-order valence-electron chi connectivity index (χ3n) is 5.05. The van der Waals surface area contributed by atoms with Crippen LogP contribution < -0.4 is 5.32 Å². The van der Waals surface area contributed by atoms with Crippen molar-refractivity contribution in [3.63, 3.8) is 0 Å². The van der Waals surface area contributed by atoms with Crippen molar-refractivity contribution in [3.05, 3.63) is 53.9 Å². The third kappa shape index (κ3) is 3.92. The highest BCUT2D eigenvalue weighted by atomic mass is 32.2. The largest absolute Gasteiger partial charge is 0.379 e. The Labute approximate surface area is 158 Å². The predicted octanol–water partition coefficient (Wildman–Crippen LogP) is 1.92. The summed E-state index contributed by atoms with van der Waals surface area (Å²) < 4.78 is 32.0. The molecule has 2 aliphatic rings. The summed E-state index contributed by atoms with van der Waals surface area (Å²) in [5.74, 6) is 0.141. The molecule has 1 aliphatic carbocycles. The third-order valence-corrected chi connectivity index (χ3v) is 6.92. The normalized spacial score (nSPS) is 19.6. The van der Waals surface area contributed by atoms with Crippen LogP contribution in [0.2, 0.25) is 0 Å². The highest BCUT2D eigenvalue weighted by Gasteiger charge is 2.34. The topological polar surface area (TPSA) is 91.5 Å². The first-order chi connectivity index (χ1) is 13.1. The van der Waals surface area contributed by atoms with E-state index >= 15 is 0 Å². The van der Waals surface area contributed by atoms with Crippen LogP contribution in [0, 0.1) is 5.92 Å². The molecule has 1 aromatic heterocycles. The lowest BCUT2D eigenvalue weighted by Gasteiger charge is -2.25. The molecular formula is C19H23N3O4S. The maximum atomic E-state index is 12.7. The number of hydrogen-bond donors (Lipinski definition) is 2. The number of sulfonamides is 1. The number of benzene rings is 1. The number of H-pyrrole nitrogens is 1. The molecule has 1 atom stereocenters. The maximum Gasteiger partial charge on any atom is 0.268 e. The van der Waals surface area contributed by atoms with Crippen LogP contribution in [0.5, 0.6) is 0 Å². The summed E-state index contributed by atoms with van der Waals surface area (Å²) in [4.78, 5) is 15.6. The summed E-state index contributed by atoms with van der Waals surface area (Å²) in [6.45, 7) is 1.42. The molecule has 2 aromatic rings. The Morgan fingerprint density at radius 1 is 1.19 bits per heavy atom. The SMILES string of the molecule is O=C(NC(c1ccccc1)C1CC1)c1cc(S(=O)(=O)N2CCOCC2)c[nH]1. The lowest BCUT2D eigenvalue weighted by atomic mass is 10.0. The molecule has 1 unspecified atom stereocenters. The van der Waals surface area contributed by atoms with Gasteiger partial charge in [-0.3, -0.25) is 4.79 Å². The average molecular weight is 389 g/mol. The van der Waals surface area contributed by atoms with E-state index in [1.54, 1.807) is 0 Å². The highest BCUT2D eigenvalue weighted by Crippen LogP contribution is 2.41. The predicted molar refractivity (Wildman–Crippen MR) is 99.7 cm³/mol. The Kier molecular flexibility index (Phi) is 5.03. The van der Waals surface area contributed by atoms with Gasteiger partial charge in [0.25, 0.3) is 5.91 Å². The molecule has 1 saturated carbocycles. The summed E-state index contributed by atoms with van der Waals surface area (Å²) in [6, 6.07) is 11.2. The molecule has 1 aliphatic heterocycles. The summed E-state index contributed by atoms with van der Waals surface area (Å²) in [6.07, 6.45) is 3.55. The van der Waals surface area contributed by atoms with Crippen molar-refractivity contribution in [3.8, 4) is 0 Å². The van der Waals surface area contributed by atoms with Gasteiger partial charge in [-0.05, 0) is 30.4 Å². The van der Waals surface area contributed by atoms with E-state index < -0.39 is 10.0 Å². The molecule has 2 fully saturated rings. The van der Waals surface area contributed by atoms with Crippen LogP contribution in [0.3, 0.4) is 0 Å². The van der Waals surface area contributed by atoms with Gasteiger partial charge in [-0.15, -0.1) is 0 Å². The first-order valence-electron chi connectivity index (χ1n) is 9.18. The second-order valence-electron chi connectivity index (χ2n) is 6.96. The van der Waals surface area contributed by atoms with Crippen molar-refractivity contribution in [1.82, 2.24) is 14.6 Å². The van der Waals surface area contributed by atoms with Gasteiger partial charge < -0.3 is 15.0 Å². The number of nitrogens with zero attached hydrogens (tertiary/aromatic N) is 1. The Bertz CT molecular complexity index is 900. The summed E-state index contributed by atoms with van der Waals surface area (Å²) >= 11 is 0. The number of nitrogens with one attached hydrogen (secondary N) is 2. The monoisotopic (exact) mass is 389 g/mol. The van der Waals surface area contributed by atoms with Crippen molar-refractivity contribution in [2.24, 2.45) is 5.92 Å². The lowest BCUT2D eigenvalue weighted by molar-refractivity contribution is 0.0730. The molecule has 0 spiro atoms. The van der Waals surface area contributed by atoms with E-state index in [-0.39, 0.29) is 22.5 Å². The number of carbonyl (C=O) groups excluding carboxylic acids is 1. The van der Waals surface area contributed by atoms with Gasteiger partial charge in [-0.25, -0.2) is 8.42 Å². The van der Waals surface area contributed by atoms with Gasteiger partial charge in [-0.2, -0.15) is 4.31 Å². The fourth-order valence-electron chi connectivity index (χ4n) is 3.37. The molecule has 0 radical (unpaired) electrons. The molecule has 0 bridgehead atoms. The van der Waals surface area contributed by atoms with Crippen molar-refractivity contribution < 1.29 is 17.9 Å². The Morgan fingerprint density at radius 3 is 2.56 bits per heavy atom. The van der Waals surface area contributed by atoms with Gasteiger partial charge in [0, 0.05) is 19.3 Å². The molecule has 4 rings (SSSR count). The van der Waals surface area contributed by atoms with Gasteiger partial charge in [0.05, 0.1) is 19.3 Å². The highest BCUT2D eigenvalue weighted by molar-refractivity contribution is 7.89. The summed E-state index contributed by atoms with van der Waals surface area (Å²) in [5.41, 5.74) is 1.32. The Balaban J connectivity index is 1.50. The van der Waals surface area contributed by atoms with Crippen LogP contribution in [0.1, 0.15) is 34.9 Å². The van der Waals surface area contributed by atoms with Crippen LogP contribution >= 0.6 is 0 Å². The quantitative estimate of drug-likeness (QED) is 0.790. The summed E-state index contributed by atoms with van der Waals surface area (Å²) in [7, 11) is -3.62. The van der Waals surface area contributed by atoms with Crippen molar-refractivity contribution >= 4 is 15.9 Å². The van der Waals surface area contributed by atoms with Crippen LogP contribution in [-0.2, 0) is 14.8 Å². The number of aromatic nitrogens is 1. The van der Waals surface area contributed by atoms with Crippen molar-refractivity contribution in [1.29, 1.82) is 0 Å². The Morgan fingerprint density at radius 2 is 1.89 bits per heavy atom. The minimum absolute atomic E-state index is 0.0544. The van der Waals surface area contributed by atoms with E-state index in [9.17, 15) is 13.2 Å². The zero-order chi connectivity index (χ0) is 18.9. The van der Waals surface area contributed by atoms with E-state index in [1.165, 1.54) is 16.6 Å². The molecule has 27 heavy (non-hydrogen) atoms. The molecule has 2 heterocycles. The van der Waals surface area contributed by atoms with E-state index in [2.05, 4.69) is 10.3 Å². The fraction of sp³-hybridized carbons (Fsp3) is 0.421. The van der Waals surface area contributed by atoms with E-state index in [0.29, 0.717) is 32.2 Å². The van der Waals surface area contributed by atoms with Gasteiger partial charge in [-0.1, -0.05) is 30.3 Å². The second-order valence-corrected chi connectivity index (χ2v) is 8.90. The van der Waals surface area contributed by atoms with E-state index in [1.807, 2.05) is 30.3 Å². The number of carbonyl (C=O) groups is 1. The number of morpholine rings is 1. The second kappa shape index (κ2) is 7.46. The van der Waals surface area contributed by atoms with Crippen molar-refractivity contribution in [2.45, 2.75) is 23.8 Å². The first-order valence-corrected chi connectivity index (χ1v) is 10.6. The molecular weight excluding hydrogens is 366 g/mol. The first kappa shape index (κ1) is 18.2. The molecule has 8 heteroatoms. The van der Waals surface area contributed by atoms with Crippen LogP contribution in [0.4, 0.5) is 0 Å². The number of rotatable bonds is 6. The van der Waals surface area contributed by atoms with Gasteiger partial charge in [0.15, 0.2) is 0 Å². The standard InChI is InChI=1S/C19H23N3O4S/c23-19(21-18(15-6-7-15)14-4-2-1-3-5-14)17-12-16(13-20-17)27(24,25)22-8-10-26-11-9-22/h1-5,12-13,15,18,20H,6-11H2,(H,21,23). The summed E-state index contributed by atoms with van der Waals surface area (Å²) in [5, 5.41) is 3.06. The molecule has 1 amide bonds. The van der Waals surface area contributed by atoms with Gasteiger partial charge in [0.1, 0.15) is 10.6 Å². The molecule has 1 saturated heterocycles. The molecule has 2 N–H and O–H groups in total. The van der Waals surface area contributed by atoms with Gasteiger partial charge in [0.2, 0.25) is 10.0 Å². The van der Waals surface area contributed by atoms with Crippen LogP contribution in [0.15, 0.2) is 47.5 Å². The molecule has 7 nitrogen and oxygen atoms in total. The van der Waals surface area contributed by atoms with Crippen molar-refractivity contribution in [2.75, 3.05) is 26.3 Å². The van der Waals surface area contributed by atoms with Crippen LogP contribution in [0.25, 0.3) is 0 Å². The number of hydrogen-bond acceptors (Lipinski definition) is 4. The molecule has 144 valence electrons. The van der Waals surface area contributed by atoms with E-state index in [0.717, 1.165) is 18.4 Å². The smallest absolute Gasteiger partial charge is 0.268 e. The minimum Gasteiger partial charge on any atom is -0.379 e. The molecule has 1 aromatic carbocycles. The van der Waals surface area contributed by atoms with E-state index in [4.69, 9.17) is 4.74 Å². The lowest BCUT2D eigenvalue weighted by Crippen LogP contribution is -2.40. The number of aromatic amines is 1. The Hall–Kier alpha value is -2.16. The zero-order valence-electron chi connectivity index (χ0n) is 14.9. The average Bonchev–Trinajstić information content (AvgIpc) is 3.41. The number of amides is 1.